The summed E-state index contributed by atoms with van der Waals surface area (Å²) in [6.07, 6.45) is 13.0. The largest absolute Gasteiger partial charge is 0.478 e. The van der Waals surface area contributed by atoms with Crippen molar-refractivity contribution in [2.75, 3.05) is 0 Å². The topological polar surface area (TPSA) is 49.8 Å². The molecule has 3 nitrogen and oxygen atoms in total. The van der Waals surface area contributed by atoms with Crippen LogP contribution in [0.15, 0.2) is 47.1 Å². The van der Waals surface area contributed by atoms with Crippen LogP contribution in [0, 0.1) is 5.41 Å². The summed E-state index contributed by atoms with van der Waals surface area (Å²) >= 11 is 0. The average molecular weight is 316 g/mol. The first kappa shape index (κ1) is 17.7. The molecule has 0 spiro atoms. The molecular formula is C20H28O3. The maximum Gasteiger partial charge on any atom is 0.328 e. The average Bonchev–Trinajstić information content (AvgIpc) is 3.05. The number of carboxylic acids is 1. The van der Waals surface area contributed by atoms with Crippen molar-refractivity contribution in [1.82, 2.24) is 0 Å². The van der Waals surface area contributed by atoms with Crippen molar-refractivity contribution in [2.45, 2.75) is 65.6 Å². The van der Waals surface area contributed by atoms with Crippen LogP contribution in [0.3, 0.4) is 0 Å². The van der Waals surface area contributed by atoms with Gasteiger partial charge in [-0.05, 0) is 62.7 Å². The van der Waals surface area contributed by atoms with Gasteiger partial charge in [0.25, 0.3) is 0 Å². The van der Waals surface area contributed by atoms with Gasteiger partial charge >= 0.3 is 5.97 Å². The van der Waals surface area contributed by atoms with Crippen LogP contribution < -0.4 is 0 Å². The molecule has 2 aliphatic rings. The molecule has 2 atom stereocenters. The highest BCUT2D eigenvalue weighted by molar-refractivity contribution is 5.81. The van der Waals surface area contributed by atoms with Gasteiger partial charge in [0.05, 0.1) is 0 Å². The molecule has 2 rings (SSSR count). The van der Waals surface area contributed by atoms with Gasteiger partial charge in [0.2, 0.25) is 0 Å². The Hall–Kier alpha value is -1.61. The van der Waals surface area contributed by atoms with Crippen LogP contribution in [0.1, 0.15) is 53.9 Å². The summed E-state index contributed by atoms with van der Waals surface area (Å²) in [6, 6.07) is 0. The van der Waals surface area contributed by atoms with Crippen LogP contribution in [-0.4, -0.2) is 22.8 Å². The van der Waals surface area contributed by atoms with Gasteiger partial charge in [0.1, 0.15) is 11.7 Å². The molecule has 1 saturated heterocycles. The number of ether oxygens (including phenoxy) is 1. The molecule has 1 aliphatic carbocycles. The zero-order valence-electron chi connectivity index (χ0n) is 14.8. The lowest BCUT2D eigenvalue weighted by Gasteiger charge is -2.33. The third kappa shape index (κ3) is 4.44. The summed E-state index contributed by atoms with van der Waals surface area (Å²) in [5.41, 5.74) is 3.59. The molecule has 0 aromatic rings. The molecule has 0 radical (unpaired) electrons. The number of hydrogen-bond acceptors (Lipinski definition) is 2. The molecule has 0 bridgehead atoms. The summed E-state index contributed by atoms with van der Waals surface area (Å²) in [4.78, 5) is 10.6. The van der Waals surface area contributed by atoms with E-state index in [2.05, 4.69) is 39.8 Å². The molecule has 126 valence electrons. The summed E-state index contributed by atoms with van der Waals surface area (Å²) in [5, 5.41) is 8.71. The van der Waals surface area contributed by atoms with E-state index in [1.165, 1.54) is 36.5 Å². The maximum atomic E-state index is 10.6. The Morgan fingerprint density at radius 2 is 2.04 bits per heavy atom. The van der Waals surface area contributed by atoms with Gasteiger partial charge in [-0.25, -0.2) is 4.79 Å². The molecule has 0 amide bonds. The first-order chi connectivity index (χ1) is 10.6. The van der Waals surface area contributed by atoms with Gasteiger partial charge < -0.3 is 9.84 Å². The van der Waals surface area contributed by atoms with E-state index in [-0.39, 0.29) is 17.1 Å². The lowest BCUT2D eigenvalue weighted by molar-refractivity contribution is -0.131. The minimum atomic E-state index is -0.923. The van der Waals surface area contributed by atoms with Gasteiger partial charge in [-0.3, -0.25) is 0 Å². The predicted molar refractivity (Wildman–Crippen MR) is 93.3 cm³/mol. The Labute approximate surface area is 139 Å². The minimum Gasteiger partial charge on any atom is -0.478 e. The van der Waals surface area contributed by atoms with Gasteiger partial charge in [0.15, 0.2) is 0 Å². The molecule has 1 N–H and O–H groups in total. The number of carboxylic acid groups (broad SMARTS) is 1. The zero-order valence-corrected chi connectivity index (χ0v) is 14.8. The van der Waals surface area contributed by atoms with E-state index in [9.17, 15) is 4.79 Å². The zero-order chi connectivity index (χ0) is 17.3. The highest BCUT2D eigenvalue weighted by Crippen LogP contribution is 2.43. The van der Waals surface area contributed by atoms with E-state index >= 15 is 0 Å². The second-order valence-corrected chi connectivity index (χ2v) is 7.57. The first-order valence-corrected chi connectivity index (χ1v) is 8.31. The molecule has 1 heterocycles. The Morgan fingerprint density at radius 1 is 1.35 bits per heavy atom. The molecule has 23 heavy (non-hydrogen) atoms. The van der Waals surface area contributed by atoms with Gasteiger partial charge in [-0.1, -0.05) is 37.6 Å². The molecule has 0 unspecified atom stereocenters. The SMILES string of the molecule is CC1=C(/C=C/[C@]2(C)O[C@H]2/C=C/C(C)=C/C(=O)O)C(C)(C)CCC1. The van der Waals surface area contributed by atoms with Crippen molar-refractivity contribution in [3.8, 4) is 0 Å². The van der Waals surface area contributed by atoms with Crippen molar-refractivity contribution in [3.05, 3.63) is 47.1 Å². The van der Waals surface area contributed by atoms with Crippen LogP contribution in [0.5, 0.6) is 0 Å². The maximum absolute atomic E-state index is 10.6. The Balaban J connectivity index is 2.04. The normalized spacial score (nSPS) is 31.2. The molecule has 1 fully saturated rings. The predicted octanol–water partition coefficient (Wildman–Crippen LogP) is 4.81. The lowest BCUT2D eigenvalue weighted by Crippen LogP contribution is -2.19. The second-order valence-electron chi connectivity index (χ2n) is 7.57. The van der Waals surface area contributed by atoms with Gasteiger partial charge in [0, 0.05) is 6.08 Å². The van der Waals surface area contributed by atoms with E-state index in [4.69, 9.17) is 9.84 Å². The third-order valence-electron chi connectivity index (χ3n) is 4.90. The Morgan fingerprint density at radius 3 is 2.65 bits per heavy atom. The first-order valence-electron chi connectivity index (χ1n) is 8.31. The van der Waals surface area contributed by atoms with Crippen molar-refractivity contribution >= 4 is 5.97 Å². The van der Waals surface area contributed by atoms with Crippen LogP contribution in [0.2, 0.25) is 0 Å². The number of rotatable bonds is 5. The fourth-order valence-corrected chi connectivity index (χ4v) is 3.35. The van der Waals surface area contributed by atoms with E-state index in [0.717, 1.165) is 0 Å². The molecule has 0 aromatic heterocycles. The van der Waals surface area contributed by atoms with Gasteiger partial charge in [-0.15, -0.1) is 0 Å². The fraction of sp³-hybridized carbons (Fsp3) is 0.550. The Kier molecular flexibility index (Phi) is 5.00. The van der Waals surface area contributed by atoms with E-state index < -0.39 is 5.97 Å². The Bertz CT molecular complexity index is 604. The molecule has 3 heteroatoms. The summed E-state index contributed by atoms with van der Waals surface area (Å²) < 4.78 is 5.78. The van der Waals surface area contributed by atoms with Gasteiger partial charge in [-0.2, -0.15) is 0 Å². The lowest BCUT2D eigenvalue weighted by atomic mass is 9.72. The quantitative estimate of drug-likeness (QED) is 0.450. The minimum absolute atomic E-state index is 0.0171. The monoisotopic (exact) mass is 316 g/mol. The summed E-state index contributed by atoms with van der Waals surface area (Å²) in [6.45, 7) is 10.7. The molecule has 1 aliphatic heterocycles. The molecular weight excluding hydrogens is 288 g/mol. The second kappa shape index (κ2) is 6.48. The number of allylic oxidation sites excluding steroid dienone is 5. The standard InChI is InChI=1S/C20H28O3/c1-14(13-18(21)22)8-9-17-20(5,23-17)12-10-16-15(2)7-6-11-19(16,3)4/h8-10,12-13,17H,6-7,11H2,1-5H3,(H,21,22)/b9-8+,12-10+,14-13+/t17-,20-/m0/s1. The van der Waals surface area contributed by atoms with Crippen LogP contribution in [-0.2, 0) is 9.53 Å². The van der Waals surface area contributed by atoms with Crippen molar-refractivity contribution in [3.63, 3.8) is 0 Å². The number of carbonyl (C=O) groups is 1. The smallest absolute Gasteiger partial charge is 0.328 e. The summed E-state index contributed by atoms with van der Waals surface area (Å²) in [5.74, 6) is -0.923. The van der Waals surface area contributed by atoms with Crippen molar-refractivity contribution in [1.29, 1.82) is 0 Å². The number of epoxide rings is 1. The summed E-state index contributed by atoms with van der Waals surface area (Å²) in [7, 11) is 0. The highest BCUT2D eigenvalue weighted by atomic mass is 16.6. The van der Waals surface area contributed by atoms with Crippen molar-refractivity contribution in [2.24, 2.45) is 5.41 Å². The van der Waals surface area contributed by atoms with Crippen molar-refractivity contribution < 1.29 is 14.6 Å². The third-order valence-corrected chi connectivity index (χ3v) is 4.90. The van der Waals surface area contributed by atoms with Crippen LogP contribution >= 0.6 is 0 Å². The number of aliphatic carboxylic acids is 1. The van der Waals surface area contributed by atoms with Crippen LogP contribution in [0.4, 0.5) is 0 Å². The van der Waals surface area contributed by atoms with E-state index in [1.807, 2.05) is 12.2 Å². The highest BCUT2D eigenvalue weighted by Gasteiger charge is 2.48. The molecule has 0 saturated carbocycles. The molecule has 0 aromatic carbocycles. The van der Waals surface area contributed by atoms with Crippen LogP contribution in [0.25, 0.3) is 0 Å². The fourth-order valence-electron chi connectivity index (χ4n) is 3.35. The van der Waals surface area contributed by atoms with E-state index in [1.54, 1.807) is 6.92 Å². The van der Waals surface area contributed by atoms with E-state index in [0.29, 0.717) is 5.57 Å². The number of hydrogen-bond donors (Lipinski definition) is 1.